The summed E-state index contributed by atoms with van der Waals surface area (Å²) >= 11 is 0. The third-order valence-electron chi connectivity index (χ3n) is 3.02. The number of fused-ring (bicyclic) bond motifs is 1. The van der Waals surface area contributed by atoms with Crippen molar-refractivity contribution in [3.05, 3.63) is 42.1 Å². The molecular weight excluding hydrogens is 214 g/mol. The molecule has 17 heavy (non-hydrogen) atoms. The SMILES string of the molecule is O=C(c1n[nH]c2ccccc12)N1CC=CCC1. The Labute approximate surface area is 98.9 Å². The first-order chi connectivity index (χ1) is 8.36. The first-order valence-corrected chi connectivity index (χ1v) is 5.73. The second-order valence-electron chi connectivity index (χ2n) is 4.13. The van der Waals surface area contributed by atoms with Gasteiger partial charge >= 0.3 is 0 Å². The quantitative estimate of drug-likeness (QED) is 0.757. The monoisotopic (exact) mass is 227 g/mol. The van der Waals surface area contributed by atoms with Crippen LogP contribution in [0.25, 0.3) is 10.9 Å². The van der Waals surface area contributed by atoms with E-state index in [0.717, 1.165) is 23.9 Å². The van der Waals surface area contributed by atoms with Gasteiger partial charge in [0.2, 0.25) is 0 Å². The van der Waals surface area contributed by atoms with E-state index >= 15 is 0 Å². The Kier molecular flexibility index (Phi) is 2.40. The predicted molar refractivity (Wildman–Crippen MR) is 65.8 cm³/mol. The first kappa shape index (κ1) is 10.1. The predicted octanol–water partition coefficient (Wildman–Crippen LogP) is 1.96. The molecule has 0 saturated heterocycles. The number of rotatable bonds is 1. The summed E-state index contributed by atoms with van der Waals surface area (Å²) in [5.74, 6) is 0.00630. The Morgan fingerprint density at radius 1 is 1.29 bits per heavy atom. The van der Waals surface area contributed by atoms with Crippen LogP contribution in [-0.4, -0.2) is 34.1 Å². The van der Waals surface area contributed by atoms with Crippen molar-refractivity contribution < 1.29 is 4.79 Å². The van der Waals surface area contributed by atoms with Crippen LogP contribution >= 0.6 is 0 Å². The Morgan fingerprint density at radius 3 is 3.00 bits per heavy atom. The minimum atomic E-state index is 0.00630. The molecule has 2 heterocycles. The molecular formula is C13H13N3O. The van der Waals surface area contributed by atoms with Crippen LogP contribution in [0, 0.1) is 0 Å². The van der Waals surface area contributed by atoms with E-state index in [0.29, 0.717) is 12.2 Å². The van der Waals surface area contributed by atoms with Crippen LogP contribution in [0.5, 0.6) is 0 Å². The van der Waals surface area contributed by atoms with Crippen LogP contribution in [0.15, 0.2) is 36.4 Å². The van der Waals surface area contributed by atoms with Gasteiger partial charge in [-0.05, 0) is 12.5 Å². The molecule has 0 spiro atoms. The van der Waals surface area contributed by atoms with Gasteiger partial charge in [0.15, 0.2) is 5.69 Å². The summed E-state index contributed by atoms with van der Waals surface area (Å²) in [4.78, 5) is 14.1. The summed E-state index contributed by atoms with van der Waals surface area (Å²) in [6.45, 7) is 1.45. The van der Waals surface area contributed by atoms with E-state index in [2.05, 4.69) is 16.3 Å². The fraction of sp³-hybridized carbons (Fsp3) is 0.231. The number of para-hydroxylation sites is 1. The molecule has 4 nitrogen and oxygen atoms in total. The molecule has 1 aromatic heterocycles. The maximum Gasteiger partial charge on any atom is 0.275 e. The lowest BCUT2D eigenvalue weighted by Gasteiger charge is -2.22. The number of benzene rings is 1. The number of H-pyrrole nitrogens is 1. The number of hydrogen-bond acceptors (Lipinski definition) is 2. The highest BCUT2D eigenvalue weighted by molar-refractivity contribution is 6.04. The van der Waals surface area contributed by atoms with Gasteiger partial charge in [-0.2, -0.15) is 5.10 Å². The van der Waals surface area contributed by atoms with E-state index in [1.165, 1.54) is 0 Å². The average molecular weight is 227 g/mol. The molecule has 86 valence electrons. The molecule has 0 fully saturated rings. The van der Waals surface area contributed by atoms with Crippen LogP contribution < -0.4 is 0 Å². The van der Waals surface area contributed by atoms with Gasteiger partial charge in [-0.15, -0.1) is 0 Å². The maximum atomic E-state index is 12.3. The molecule has 0 saturated carbocycles. The number of aromatic nitrogens is 2. The van der Waals surface area contributed by atoms with Gasteiger partial charge in [0, 0.05) is 18.5 Å². The van der Waals surface area contributed by atoms with E-state index in [-0.39, 0.29) is 5.91 Å². The van der Waals surface area contributed by atoms with Crippen molar-refractivity contribution in [3.63, 3.8) is 0 Å². The van der Waals surface area contributed by atoms with Crippen molar-refractivity contribution in [2.45, 2.75) is 6.42 Å². The lowest BCUT2D eigenvalue weighted by molar-refractivity contribution is 0.0767. The van der Waals surface area contributed by atoms with E-state index < -0.39 is 0 Å². The third-order valence-corrected chi connectivity index (χ3v) is 3.02. The van der Waals surface area contributed by atoms with Gasteiger partial charge in [-0.3, -0.25) is 9.89 Å². The molecule has 0 radical (unpaired) electrons. The zero-order valence-corrected chi connectivity index (χ0v) is 9.39. The summed E-state index contributed by atoms with van der Waals surface area (Å²) in [7, 11) is 0. The smallest absolute Gasteiger partial charge is 0.275 e. The zero-order valence-electron chi connectivity index (χ0n) is 9.39. The largest absolute Gasteiger partial charge is 0.333 e. The molecule has 2 aromatic rings. The number of nitrogens with one attached hydrogen (secondary N) is 1. The molecule has 0 aliphatic carbocycles. The van der Waals surface area contributed by atoms with Crippen molar-refractivity contribution in [2.24, 2.45) is 0 Å². The second kappa shape index (κ2) is 4.05. The normalized spacial score (nSPS) is 15.4. The Bertz CT molecular complexity index is 585. The molecule has 4 heteroatoms. The third kappa shape index (κ3) is 1.71. The van der Waals surface area contributed by atoms with Crippen molar-refractivity contribution in [3.8, 4) is 0 Å². The van der Waals surface area contributed by atoms with Gasteiger partial charge in [0.05, 0.1) is 5.52 Å². The average Bonchev–Trinajstić information content (AvgIpc) is 2.83. The minimum absolute atomic E-state index is 0.00630. The summed E-state index contributed by atoms with van der Waals surface area (Å²) in [6, 6.07) is 7.70. The van der Waals surface area contributed by atoms with Crippen molar-refractivity contribution in [1.29, 1.82) is 0 Å². The number of carbonyl (C=O) groups is 1. The highest BCUT2D eigenvalue weighted by Gasteiger charge is 2.20. The second-order valence-corrected chi connectivity index (χ2v) is 4.13. The molecule has 1 aromatic carbocycles. The van der Waals surface area contributed by atoms with E-state index in [4.69, 9.17) is 0 Å². The Morgan fingerprint density at radius 2 is 2.18 bits per heavy atom. The first-order valence-electron chi connectivity index (χ1n) is 5.73. The fourth-order valence-corrected chi connectivity index (χ4v) is 2.10. The number of hydrogen-bond donors (Lipinski definition) is 1. The van der Waals surface area contributed by atoms with Crippen LogP contribution in [0.4, 0.5) is 0 Å². The lowest BCUT2D eigenvalue weighted by Crippen LogP contribution is -2.34. The minimum Gasteiger partial charge on any atom is -0.333 e. The molecule has 1 amide bonds. The Balaban J connectivity index is 1.98. The standard InChI is InChI=1S/C13H13N3O/c17-13(16-8-4-1-5-9-16)12-10-6-2-3-7-11(10)14-15-12/h1-4,6-7H,5,8-9H2,(H,14,15). The summed E-state index contributed by atoms with van der Waals surface area (Å²) in [5, 5.41) is 7.92. The maximum absolute atomic E-state index is 12.3. The molecule has 1 aliphatic rings. The molecule has 1 N–H and O–H groups in total. The van der Waals surface area contributed by atoms with Crippen LogP contribution in [-0.2, 0) is 0 Å². The van der Waals surface area contributed by atoms with Gasteiger partial charge < -0.3 is 4.90 Å². The molecule has 3 rings (SSSR count). The summed E-state index contributed by atoms with van der Waals surface area (Å²) in [5.41, 5.74) is 1.43. The molecule has 0 atom stereocenters. The van der Waals surface area contributed by atoms with Gasteiger partial charge in [-0.1, -0.05) is 30.4 Å². The van der Waals surface area contributed by atoms with Crippen LogP contribution in [0.2, 0.25) is 0 Å². The van der Waals surface area contributed by atoms with Crippen molar-refractivity contribution in [1.82, 2.24) is 15.1 Å². The highest BCUT2D eigenvalue weighted by Crippen LogP contribution is 2.17. The number of aromatic amines is 1. The van der Waals surface area contributed by atoms with Gasteiger partial charge in [0.1, 0.15) is 0 Å². The van der Waals surface area contributed by atoms with Gasteiger partial charge in [0.25, 0.3) is 5.91 Å². The van der Waals surface area contributed by atoms with E-state index in [1.54, 1.807) is 0 Å². The Hall–Kier alpha value is -2.10. The molecule has 0 unspecified atom stereocenters. The lowest BCUT2D eigenvalue weighted by atomic mass is 10.1. The summed E-state index contributed by atoms with van der Waals surface area (Å²) in [6.07, 6.45) is 5.05. The van der Waals surface area contributed by atoms with E-state index in [1.807, 2.05) is 35.2 Å². The topological polar surface area (TPSA) is 49.0 Å². The highest BCUT2D eigenvalue weighted by atomic mass is 16.2. The van der Waals surface area contributed by atoms with Crippen LogP contribution in [0.1, 0.15) is 16.9 Å². The summed E-state index contributed by atoms with van der Waals surface area (Å²) < 4.78 is 0. The fourth-order valence-electron chi connectivity index (χ4n) is 2.10. The number of amides is 1. The van der Waals surface area contributed by atoms with Crippen LogP contribution in [0.3, 0.4) is 0 Å². The van der Waals surface area contributed by atoms with Crippen molar-refractivity contribution >= 4 is 16.8 Å². The zero-order chi connectivity index (χ0) is 11.7. The number of nitrogens with zero attached hydrogens (tertiary/aromatic N) is 2. The molecule has 0 bridgehead atoms. The van der Waals surface area contributed by atoms with Gasteiger partial charge in [-0.25, -0.2) is 0 Å². The van der Waals surface area contributed by atoms with Crippen molar-refractivity contribution in [2.75, 3.05) is 13.1 Å². The van der Waals surface area contributed by atoms with E-state index in [9.17, 15) is 4.79 Å². The molecule has 1 aliphatic heterocycles. The number of carbonyl (C=O) groups excluding carboxylic acids is 1.